The molecular formula is C6H5F3N2O2. The van der Waals surface area contributed by atoms with Crippen LogP contribution in [-0.2, 0) is 9.59 Å². The number of imide groups is 1. The number of alkyl halides is 3. The molecule has 2 N–H and O–H groups in total. The molecule has 0 atom stereocenters. The first-order chi connectivity index (χ1) is 5.89. The number of carbonyl (C=O) groups is 2. The first-order valence-corrected chi connectivity index (χ1v) is 3.26. The molecule has 0 bridgehead atoms. The first kappa shape index (κ1) is 9.56. The maximum Gasteiger partial charge on any atom is 0.431 e. The van der Waals surface area contributed by atoms with Crippen LogP contribution in [0.4, 0.5) is 13.2 Å². The van der Waals surface area contributed by atoms with Crippen LogP contribution in [0.3, 0.4) is 0 Å². The Labute approximate surface area is 70.8 Å². The topological polar surface area (TPSA) is 58.2 Å². The minimum atomic E-state index is -4.64. The number of hydrogen-bond acceptors (Lipinski definition) is 3. The van der Waals surface area contributed by atoms with Crippen LogP contribution < -0.4 is 10.6 Å². The molecule has 0 aromatic rings. The SMILES string of the molecule is O=C1C=C(C(F)(F)F)NCC(=O)N1. The number of carbonyl (C=O) groups excluding carboxylic acids is 2. The maximum absolute atomic E-state index is 12.0. The number of rotatable bonds is 0. The van der Waals surface area contributed by atoms with E-state index < -0.39 is 30.2 Å². The molecule has 0 saturated carbocycles. The van der Waals surface area contributed by atoms with Gasteiger partial charge in [-0.3, -0.25) is 14.9 Å². The predicted molar refractivity (Wildman–Crippen MR) is 35.3 cm³/mol. The number of hydrogen-bond donors (Lipinski definition) is 2. The normalized spacial score (nSPS) is 18.5. The fraction of sp³-hybridized carbons (Fsp3) is 0.333. The van der Waals surface area contributed by atoms with Crippen molar-refractivity contribution in [3.63, 3.8) is 0 Å². The number of allylic oxidation sites excluding steroid dienone is 1. The van der Waals surface area contributed by atoms with E-state index in [1.165, 1.54) is 0 Å². The molecule has 0 radical (unpaired) electrons. The van der Waals surface area contributed by atoms with E-state index in [1.807, 2.05) is 0 Å². The Morgan fingerprint density at radius 2 is 1.92 bits per heavy atom. The summed E-state index contributed by atoms with van der Waals surface area (Å²) >= 11 is 0. The molecule has 1 rings (SSSR count). The number of halogens is 3. The molecule has 7 heteroatoms. The van der Waals surface area contributed by atoms with E-state index in [4.69, 9.17) is 0 Å². The summed E-state index contributed by atoms with van der Waals surface area (Å²) in [6.45, 7) is -0.558. The van der Waals surface area contributed by atoms with Gasteiger partial charge in [0.2, 0.25) is 5.91 Å². The summed E-state index contributed by atoms with van der Waals surface area (Å²) in [7, 11) is 0. The van der Waals surface area contributed by atoms with E-state index in [9.17, 15) is 22.8 Å². The van der Waals surface area contributed by atoms with Gasteiger partial charge in [0.05, 0.1) is 6.54 Å². The van der Waals surface area contributed by atoms with Crippen LogP contribution in [-0.4, -0.2) is 24.5 Å². The quantitative estimate of drug-likeness (QED) is 0.519. The molecule has 0 aliphatic carbocycles. The highest BCUT2D eigenvalue weighted by molar-refractivity contribution is 6.03. The van der Waals surface area contributed by atoms with Crippen LogP contribution in [0.2, 0.25) is 0 Å². The third-order valence-corrected chi connectivity index (χ3v) is 1.28. The van der Waals surface area contributed by atoms with E-state index >= 15 is 0 Å². The molecule has 13 heavy (non-hydrogen) atoms. The van der Waals surface area contributed by atoms with Gasteiger partial charge in [-0.2, -0.15) is 13.2 Å². The third kappa shape index (κ3) is 2.46. The highest BCUT2D eigenvalue weighted by atomic mass is 19.4. The van der Waals surface area contributed by atoms with Gasteiger partial charge in [0, 0.05) is 6.08 Å². The molecular weight excluding hydrogens is 189 g/mol. The Balaban J connectivity index is 2.87. The van der Waals surface area contributed by atoms with Crippen molar-refractivity contribution >= 4 is 11.8 Å². The summed E-state index contributed by atoms with van der Waals surface area (Å²) in [6, 6.07) is 0. The van der Waals surface area contributed by atoms with E-state index in [0.29, 0.717) is 6.08 Å². The highest BCUT2D eigenvalue weighted by Crippen LogP contribution is 2.23. The lowest BCUT2D eigenvalue weighted by Crippen LogP contribution is -2.34. The van der Waals surface area contributed by atoms with E-state index in [-0.39, 0.29) is 0 Å². The lowest BCUT2D eigenvalue weighted by Gasteiger charge is -2.09. The van der Waals surface area contributed by atoms with E-state index in [2.05, 4.69) is 0 Å². The van der Waals surface area contributed by atoms with Gasteiger partial charge < -0.3 is 5.32 Å². The van der Waals surface area contributed by atoms with Gasteiger partial charge in [0.25, 0.3) is 5.91 Å². The van der Waals surface area contributed by atoms with Gasteiger partial charge in [0.1, 0.15) is 5.70 Å². The molecule has 2 amide bonds. The summed E-state index contributed by atoms with van der Waals surface area (Å²) in [5, 5.41) is 3.53. The molecule has 1 aliphatic rings. The minimum absolute atomic E-state index is 0.310. The molecule has 0 saturated heterocycles. The number of nitrogens with one attached hydrogen (secondary N) is 2. The van der Waals surface area contributed by atoms with Crippen molar-refractivity contribution in [1.82, 2.24) is 10.6 Å². The van der Waals surface area contributed by atoms with Crippen molar-refractivity contribution < 1.29 is 22.8 Å². The van der Waals surface area contributed by atoms with Gasteiger partial charge >= 0.3 is 6.18 Å². The second kappa shape index (κ2) is 3.08. The fourth-order valence-corrected chi connectivity index (χ4v) is 0.757. The van der Waals surface area contributed by atoms with Gasteiger partial charge in [-0.1, -0.05) is 0 Å². The van der Waals surface area contributed by atoms with Crippen LogP contribution in [0.1, 0.15) is 0 Å². The maximum atomic E-state index is 12.0. The van der Waals surface area contributed by atoms with Crippen LogP contribution in [0.5, 0.6) is 0 Å². The Morgan fingerprint density at radius 3 is 2.46 bits per heavy atom. The van der Waals surface area contributed by atoms with Crippen molar-refractivity contribution in [1.29, 1.82) is 0 Å². The second-order valence-electron chi connectivity index (χ2n) is 2.32. The van der Waals surface area contributed by atoms with Crippen LogP contribution in [0, 0.1) is 0 Å². The Bertz CT molecular complexity index is 282. The largest absolute Gasteiger partial charge is 0.431 e. The highest BCUT2D eigenvalue weighted by Gasteiger charge is 2.35. The number of amides is 2. The second-order valence-corrected chi connectivity index (χ2v) is 2.32. The van der Waals surface area contributed by atoms with Crippen molar-refractivity contribution in [3.8, 4) is 0 Å². The van der Waals surface area contributed by atoms with Crippen LogP contribution in [0.15, 0.2) is 11.8 Å². The standard InChI is InChI=1S/C6H5F3N2O2/c7-6(8,9)3-1-4(12)11-5(13)2-10-3/h1,10H,2H2,(H,11,12,13). The lowest BCUT2D eigenvalue weighted by atomic mass is 10.4. The van der Waals surface area contributed by atoms with Crippen LogP contribution in [0.25, 0.3) is 0 Å². The molecule has 4 nitrogen and oxygen atoms in total. The lowest BCUT2D eigenvalue weighted by molar-refractivity contribution is -0.127. The van der Waals surface area contributed by atoms with Crippen molar-refractivity contribution in [3.05, 3.63) is 11.8 Å². The van der Waals surface area contributed by atoms with Crippen molar-refractivity contribution in [2.24, 2.45) is 0 Å². The molecule has 0 aromatic carbocycles. The molecule has 1 aliphatic heterocycles. The third-order valence-electron chi connectivity index (χ3n) is 1.28. The zero-order chi connectivity index (χ0) is 10.1. The monoisotopic (exact) mass is 194 g/mol. The molecule has 72 valence electrons. The van der Waals surface area contributed by atoms with Gasteiger partial charge in [-0.25, -0.2) is 0 Å². The zero-order valence-corrected chi connectivity index (χ0v) is 6.23. The van der Waals surface area contributed by atoms with Gasteiger partial charge in [0.15, 0.2) is 0 Å². The Hall–Kier alpha value is -1.53. The summed E-state index contributed by atoms with van der Waals surface area (Å²) in [6.07, 6.45) is -4.33. The van der Waals surface area contributed by atoms with Crippen molar-refractivity contribution in [2.45, 2.75) is 6.18 Å². The zero-order valence-electron chi connectivity index (χ0n) is 6.23. The molecule has 0 unspecified atom stereocenters. The Morgan fingerprint density at radius 1 is 1.31 bits per heavy atom. The average Bonchev–Trinajstić information content (AvgIpc) is 2.09. The molecule has 1 heterocycles. The summed E-state index contributed by atoms with van der Waals surface area (Å²) in [4.78, 5) is 21.2. The van der Waals surface area contributed by atoms with Crippen LogP contribution >= 0.6 is 0 Å². The predicted octanol–water partition coefficient (Wildman–Crippen LogP) is -0.321. The average molecular weight is 194 g/mol. The van der Waals surface area contributed by atoms with Gasteiger partial charge in [-0.05, 0) is 0 Å². The molecule has 0 spiro atoms. The summed E-state index contributed by atoms with van der Waals surface area (Å²) in [5.41, 5.74) is -1.21. The summed E-state index contributed by atoms with van der Waals surface area (Å²) < 4.78 is 36.0. The summed E-state index contributed by atoms with van der Waals surface area (Å²) in [5.74, 6) is -1.86. The van der Waals surface area contributed by atoms with E-state index in [1.54, 1.807) is 10.6 Å². The minimum Gasteiger partial charge on any atom is -0.372 e. The smallest absolute Gasteiger partial charge is 0.372 e. The molecule has 0 fully saturated rings. The van der Waals surface area contributed by atoms with Gasteiger partial charge in [-0.15, -0.1) is 0 Å². The molecule has 0 aromatic heterocycles. The van der Waals surface area contributed by atoms with Crippen molar-refractivity contribution in [2.75, 3.05) is 6.54 Å². The Kier molecular flexibility index (Phi) is 2.26. The van der Waals surface area contributed by atoms with E-state index in [0.717, 1.165) is 0 Å². The fourth-order valence-electron chi connectivity index (χ4n) is 0.757. The first-order valence-electron chi connectivity index (χ1n) is 3.26.